The van der Waals surface area contributed by atoms with Crippen molar-refractivity contribution in [3.63, 3.8) is 0 Å². The van der Waals surface area contributed by atoms with Crippen molar-refractivity contribution in [2.75, 3.05) is 6.67 Å². The summed E-state index contributed by atoms with van der Waals surface area (Å²) in [5, 5.41) is 0. The summed E-state index contributed by atoms with van der Waals surface area (Å²) in [4.78, 5) is 0. The Kier molecular flexibility index (Phi) is 6.29. The second kappa shape index (κ2) is 6.70. The van der Waals surface area contributed by atoms with Gasteiger partial charge in [0.05, 0.1) is 0 Å². The van der Waals surface area contributed by atoms with Gasteiger partial charge in [0, 0.05) is 5.70 Å². The van der Waals surface area contributed by atoms with Crippen LogP contribution in [-0.2, 0) is 0 Å². The van der Waals surface area contributed by atoms with Crippen LogP contribution in [0.5, 0.6) is 0 Å². The van der Waals surface area contributed by atoms with E-state index in [1.54, 1.807) is 13.0 Å². The summed E-state index contributed by atoms with van der Waals surface area (Å²) < 4.78 is 12.1. The lowest BCUT2D eigenvalue weighted by molar-refractivity contribution is 0.542. The van der Waals surface area contributed by atoms with Crippen LogP contribution in [0, 0.1) is 5.92 Å². The van der Waals surface area contributed by atoms with Gasteiger partial charge in [-0.05, 0) is 37.3 Å². The Hall–Kier alpha value is -0.790. The van der Waals surface area contributed by atoms with Crippen LogP contribution < -0.4 is 5.73 Å². The highest BCUT2D eigenvalue weighted by atomic mass is 19.1. The van der Waals surface area contributed by atoms with Gasteiger partial charge in [-0.15, -0.1) is 0 Å². The van der Waals surface area contributed by atoms with Crippen molar-refractivity contribution in [1.82, 2.24) is 0 Å². The highest BCUT2D eigenvalue weighted by Gasteiger charge is 2.04. The first-order valence-corrected chi connectivity index (χ1v) is 4.84. The lowest BCUT2D eigenvalue weighted by Gasteiger charge is -2.11. The molecular weight excluding hydrogens is 165 g/mol. The van der Waals surface area contributed by atoms with Crippen LogP contribution >= 0.6 is 0 Å². The molecule has 0 aromatic heterocycles. The van der Waals surface area contributed by atoms with E-state index >= 15 is 0 Å². The number of hydrogen-bond donors (Lipinski definition) is 1. The fraction of sp³-hybridized carbons (Fsp3) is 0.636. The van der Waals surface area contributed by atoms with Gasteiger partial charge in [-0.3, -0.25) is 0 Å². The number of halogens is 1. The van der Waals surface area contributed by atoms with Gasteiger partial charge in [0.2, 0.25) is 0 Å². The topological polar surface area (TPSA) is 26.0 Å². The average molecular weight is 185 g/mol. The lowest BCUT2D eigenvalue weighted by atomic mass is 9.99. The van der Waals surface area contributed by atoms with E-state index in [9.17, 15) is 4.39 Å². The summed E-state index contributed by atoms with van der Waals surface area (Å²) in [5.74, 6) is 0.434. The molecule has 0 aliphatic carbocycles. The SMILES string of the molecule is CCC(CC)/C(N)=C/C=C(/C)CF. The standard InChI is InChI=1S/C11H20FN/c1-4-10(5-2)11(13)7-6-9(3)8-12/h6-7,10H,4-5,8,13H2,1-3H3/b9-6-,11-7-. The summed E-state index contributed by atoms with van der Waals surface area (Å²) in [6.45, 7) is 5.59. The zero-order valence-corrected chi connectivity index (χ0v) is 8.81. The third-order valence-electron chi connectivity index (χ3n) is 2.23. The Morgan fingerprint density at radius 2 is 1.85 bits per heavy atom. The molecule has 0 bridgehead atoms. The Bertz CT molecular complexity index is 190. The molecule has 0 rings (SSSR count). The molecule has 0 aromatic carbocycles. The molecule has 0 radical (unpaired) electrons. The maximum atomic E-state index is 12.1. The van der Waals surface area contributed by atoms with Crippen LogP contribution in [0.4, 0.5) is 4.39 Å². The third-order valence-corrected chi connectivity index (χ3v) is 2.23. The van der Waals surface area contributed by atoms with Gasteiger partial charge in [0.1, 0.15) is 6.67 Å². The number of alkyl halides is 1. The molecule has 0 fully saturated rings. The zero-order chi connectivity index (χ0) is 10.3. The van der Waals surface area contributed by atoms with Crippen molar-refractivity contribution in [1.29, 1.82) is 0 Å². The highest BCUT2D eigenvalue weighted by molar-refractivity contribution is 5.16. The molecule has 0 aromatic rings. The van der Waals surface area contributed by atoms with E-state index in [4.69, 9.17) is 5.73 Å². The minimum absolute atomic E-state index is 0.396. The van der Waals surface area contributed by atoms with Crippen LogP contribution in [0.3, 0.4) is 0 Å². The predicted molar refractivity (Wildman–Crippen MR) is 56.1 cm³/mol. The lowest BCUT2D eigenvalue weighted by Crippen LogP contribution is -2.09. The summed E-state index contributed by atoms with van der Waals surface area (Å²) >= 11 is 0. The van der Waals surface area contributed by atoms with Gasteiger partial charge in [-0.25, -0.2) is 4.39 Å². The zero-order valence-electron chi connectivity index (χ0n) is 8.81. The molecule has 13 heavy (non-hydrogen) atoms. The first-order valence-electron chi connectivity index (χ1n) is 4.84. The largest absolute Gasteiger partial charge is 0.402 e. The monoisotopic (exact) mass is 185 g/mol. The van der Waals surface area contributed by atoms with Crippen LogP contribution in [-0.4, -0.2) is 6.67 Å². The van der Waals surface area contributed by atoms with E-state index in [1.807, 2.05) is 6.08 Å². The molecule has 0 amide bonds. The molecule has 1 nitrogen and oxygen atoms in total. The Labute approximate surface area is 80.5 Å². The third kappa shape index (κ3) is 4.71. The number of nitrogens with two attached hydrogens (primary N) is 1. The molecule has 0 saturated carbocycles. The Morgan fingerprint density at radius 1 is 1.31 bits per heavy atom. The predicted octanol–water partition coefficient (Wildman–Crippen LogP) is 3.18. The molecule has 0 saturated heterocycles. The van der Waals surface area contributed by atoms with Gasteiger partial charge < -0.3 is 5.73 Å². The van der Waals surface area contributed by atoms with E-state index < -0.39 is 6.67 Å². The van der Waals surface area contributed by atoms with Gasteiger partial charge in [-0.1, -0.05) is 19.9 Å². The number of allylic oxidation sites excluding steroid dienone is 4. The molecule has 0 aliphatic heterocycles. The average Bonchev–Trinajstić information content (AvgIpc) is 2.16. The highest BCUT2D eigenvalue weighted by Crippen LogP contribution is 2.14. The quantitative estimate of drug-likeness (QED) is 0.654. The first-order chi connectivity index (χ1) is 6.15. The van der Waals surface area contributed by atoms with Gasteiger partial charge in [-0.2, -0.15) is 0 Å². The molecule has 76 valence electrons. The summed E-state index contributed by atoms with van der Waals surface area (Å²) in [6, 6.07) is 0. The maximum absolute atomic E-state index is 12.1. The molecule has 0 heterocycles. The van der Waals surface area contributed by atoms with Crippen molar-refractivity contribution in [3.05, 3.63) is 23.4 Å². The van der Waals surface area contributed by atoms with E-state index in [-0.39, 0.29) is 0 Å². The van der Waals surface area contributed by atoms with Crippen LogP contribution in [0.25, 0.3) is 0 Å². The van der Waals surface area contributed by atoms with E-state index in [0.717, 1.165) is 18.5 Å². The molecule has 2 heteroatoms. The fourth-order valence-corrected chi connectivity index (χ4v) is 1.18. The minimum atomic E-state index is -0.396. The van der Waals surface area contributed by atoms with Crippen molar-refractivity contribution in [2.24, 2.45) is 11.7 Å². The normalized spacial score (nSPS) is 13.9. The Balaban J connectivity index is 4.29. The van der Waals surface area contributed by atoms with E-state index in [1.165, 1.54) is 0 Å². The van der Waals surface area contributed by atoms with Crippen molar-refractivity contribution in [3.8, 4) is 0 Å². The van der Waals surface area contributed by atoms with E-state index in [0.29, 0.717) is 11.5 Å². The molecule has 0 aliphatic rings. The maximum Gasteiger partial charge on any atom is 0.111 e. The van der Waals surface area contributed by atoms with Crippen molar-refractivity contribution in [2.45, 2.75) is 33.6 Å². The first kappa shape index (κ1) is 12.2. The molecule has 0 spiro atoms. The van der Waals surface area contributed by atoms with Gasteiger partial charge >= 0.3 is 0 Å². The summed E-state index contributed by atoms with van der Waals surface area (Å²) in [5.41, 5.74) is 7.41. The second-order valence-corrected chi connectivity index (χ2v) is 3.33. The fourth-order valence-electron chi connectivity index (χ4n) is 1.18. The summed E-state index contributed by atoms with van der Waals surface area (Å²) in [7, 11) is 0. The van der Waals surface area contributed by atoms with Crippen molar-refractivity contribution >= 4 is 0 Å². The minimum Gasteiger partial charge on any atom is -0.402 e. The van der Waals surface area contributed by atoms with Crippen LogP contribution in [0.15, 0.2) is 23.4 Å². The van der Waals surface area contributed by atoms with E-state index in [2.05, 4.69) is 13.8 Å². The molecule has 2 N–H and O–H groups in total. The molecule has 0 atom stereocenters. The molecule has 0 unspecified atom stereocenters. The summed E-state index contributed by atoms with van der Waals surface area (Å²) in [6.07, 6.45) is 5.67. The number of rotatable bonds is 5. The van der Waals surface area contributed by atoms with Crippen LogP contribution in [0.1, 0.15) is 33.6 Å². The Morgan fingerprint density at radius 3 is 2.23 bits per heavy atom. The van der Waals surface area contributed by atoms with Gasteiger partial charge in [0.15, 0.2) is 0 Å². The molecular formula is C11H20FN. The van der Waals surface area contributed by atoms with Crippen LogP contribution in [0.2, 0.25) is 0 Å². The van der Waals surface area contributed by atoms with Gasteiger partial charge in [0.25, 0.3) is 0 Å². The van der Waals surface area contributed by atoms with Crippen molar-refractivity contribution < 1.29 is 4.39 Å². The smallest absolute Gasteiger partial charge is 0.111 e. The second-order valence-electron chi connectivity index (χ2n) is 3.33. The number of hydrogen-bond acceptors (Lipinski definition) is 1.